The number of thiazole rings is 4. The average Bonchev–Trinajstić information content (AvgIpc) is 1.62. The number of aliphatic hydroxyl groups excluding tert-OH is 1. The summed E-state index contributed by atoms with van der Waals surface area (Å²) < 4.78 is 33.4. The maximum absolute atomic E-state index is 14.1. The van der Waals surface area contributed by atoms with Gasteiger partial charge >= 0.3 is 0 Å². The van der Waals surface area contributed by atoms with Gasteiger partial charge in [-0.1, -0.05) is 6.92 Å². The van der Waals surface area contributed by atoms with Crippen molar-refractivity contribution in [3.8, 4) is 41.8 Å². The highest BCUT2D eigenvalue weighted by molar-refractivity contribution is 7.18. The predicted molar refractivity (Wildman–Crippen MR) is 551 cm³/mol. The van der Waals surface area contributed by atoms with Crippen molar-refractivity contribution in [3.05, 3.63) is 114 Å². The minimum Gasteiger partial charge on any atom is -0.389 e. The predicted octanol–water partition coefficient (Wildman–Crippen LogP) is 15.7. The Balaban J connectivity index is 0.000000137. The Hall–Kier alpha value is -10.3. The number of carbonyl (C=O) groups excluding carboxylic acids is 8. The van der Waals surface area contributed by atoms with Crippen LogP contribution in [-0.4, -0.2) is 268 Å². The first-order valence-corrected chi connectivity index (χ1v) is 54.2. The van der Waals surface area contributed by atoms with E-state index < -0.39 is 77.5 Å². The third kappa shape index (κ3) is 25.9. The molecule has 6 saturated heterocycles. The highest BCUT2D eigenvalue weighted by Crippen LogP contribution is 2.50. The average molecular weight is 2040 g/mol. The number of pyridine rings is 4. The fourth-order valence-electron chi connectivity index (χ4n) is 19.9. The van der Waals surface area contributed by atoms with Crippen molar-refractivity contribution in [1.82, 2.24) is 80.7 Å². The van der Waals surface area contributed by atoms with E-state index >= 15 is 0 Å². The van der Waals surface area contributed by atoms with E-state index in [1.165, 1.54) is 91.8 Å². The zero-order valence-corrected chi connectivity index (χ0v) is 88.2. The molecule has 12 N–H and O–H groups in total. The number of amides is 8. The number of halogens is 2. The lowest BCUT2D eigenvalue weighted by Gasteiger charge is -2.39. The molecule has 8 amide bonds. The van der Waals surface area contributed by atoms with Gasteiger partial charge in [-0.15, -0.1) is 45.3 Å². The van der Waals surface area contributed by atoms with Crippen molar-refractivity contribution >= 4 is 116 Å². The van der Waals surface area contributed by atoms with Crippen LogP contribution in [0, 0.1) is 51.4 Å². The van der Waals surface area contributed by atoms with Crippen molar-refractivity contribution < 1.29 is 72.3 Å². The molecule has 0 spiro atoms. The molecule has 11 fully saturated rings. The molecule has 0 radical (unpaired) electrons. The monoisotopic (exact) mass is 2040 g/mol. The van der Waals surface area contributed by atoms with E-state index in [4.69, 9.17) is 9.72 Å². The number of fused-ring (bicyclic) bond motifs is 2. The molecule has 143 heavy (non-hydrogen) atoms. The van der Waals surface area contributed by atoms with Gasteiger partial charge in [-0.3, -0.25) is 38.4 Å². The van der Waals surface area contributed by atoms with Gasteiger partial charge in [-0.2, -0.15) is 0 Å². The second-order valence-corrected chi connectivity index (χ2v) is 47.7. The summed E-state index contributed by atoms with van der Waals surface area (Å²) in [7, 11) is 0. The fourth-order valence-corrected chi connectivity index (χ4v) is 24.1. The van der Waals surface area contributed by atoms with Crippen LogP contribution in [0.3, 0.4) is 0 Å². The van der Waals surface area contributed by atoms with E-state index in [9.17, 15) is 67.6 Å². The maximum Gasteiger partial charge on any atom is 0.280 e. The molecule has 8 aromatic heterocycles. The molecular weight excluding hydrogens is 1900 g/mol. The van der Waals surface area contributed by atoms with Crippen LogP contribution in [0.5, 0.6) is 0 Å². The highest BCUT2D eigenvalue weighted by atomic mass is 32.1. The number of hydrogen-bond donors (Lipinski definition) is 12. The van der Waals surface area contributed by atoms with Gasteiger partial charge in [0.2, 0.25) is 0 Å². The first-order chi connectivity index (χ1) is 67.7. The Kier molecular flexibility index (Phi) is 32.0. The molecule has 5 saturated carbocycles. The molecule has 19 rings (SSSR count). The molecule has 6 aliphatic heterocycles. The fraction of sp³-hybridized carbons (Fsp3) is 0.615. The first kappa shape index (κ1) is 106. The number of rotatable bonds is 32. The van der Waals surface area contributed by atoms with Crippen LogP contribution < -0.4 is 42.5 Å². The summed E-state index contributed by atoms with van der Waals surface area (Å²) in [5.74, 6) is 0.410. The lowest BCUT2D eigenvalue weighted by atomic mass is 9.78. The summed E-state index contributed by atoms with van der Waals surface area (Å²) in [5.41, 5.74) is 4.58. The van der Waals surface area contributed by atoms with Crippen LogP contribution >= 0.6 is 45.3 Å². The molecule has 8 aromatic rings. The standard InChI is InChI=1S/C28H37N5O3S.C27H35F2N5O3S.C25H35N5O3S.C24H33N5O4S/c1-15-12-21(31-22(16-4-5-16)17-6-7-17)29-13-20(15)24-23(27(35)33-18-8-9-19(33)11-10-18)32-26(37-24)25(34)30-14-28(2,3)36;1-14-9-19(32-20(16-5-6-16)17-7-8-17)30-11-18(14)22-21(25(36)34-13-27(28,29)10-15(34)2)33-24(38-22)23(35)31-12-26(3,4)37;1-15-12-18(29-25(5)9-7-10-25)26-13-17(15)20-19(23(32)30-11-6-8-16(30)2)28-22(34-20)21(31)27-14-24(3,4)33;1-5-14(3)26-19-9-13(2)16(10-25-19)21-20(24(32)29-8-6-7-15(29)4)28-23(34-21)22(31)27-17-11-33-12-18(17)30/h12-13,16-19,22,36H,4-11,14H2,1-3H3,(H,29,31)(H,30,34);9,11,15-17,20,37H,5-8,10,12-13H2,1-4H3,(H,30,32)(H,31,35);12-13,16,33H,6-11,14H2,1-5H3,(H,26,29)(H,27,31);9-10,14-15,17-18,30H,5-8,11-12H2,1-4H3,(H,25,26)(H,27,31)/t;15-;16-;14-,15+,17+,18+/m.001/s1. The van der Waals surface area contributed by atoms with Gasteiger partial charge in [-0.05, 0) is 302 Å². The van der Waals surface area contributed by atoms with Crippen LogP contribution in [-0.2, 0) is 4.74 Å². The Morgan fingerprint density at radius 2 is 0.811 bits per heavy atom. The summed E-state index contributed by atoms with van der Waals surface area (Å²) in [4.78, 5) is 152. The minimum absolute atomic E-state index is 0.0104. The van der Waals surface area contributed by atoms with E-state index in [0.717, 1.165) is 161 Å². The smallest absolute Gasteiger partial charge is 0.280 e. The van der Waals surface area contributed by atoms with Crippen molar-refractivity contribution in [2.75, 3.05) is 73.7 Å². The van der Waals surface area contributed by atoms with Gasteiger partial charge in [-0.25, -0.2) is 48.7 Å². The molecule has 6 atom stereocenters. The molecule has 0 aromatic carbocycles. The van der Waals surface area contributed by atoms with Gasteiger partial charge in [0.1, 0.15) is 46.0 Å². The van der Waals surface area contributed by atoms with Gasteiger partial charge < -0.3 is 87.3 Å². The highest BCUT2D eigenvalue weighted by Gasteiger charge is 2.50. The minimum atomic E-state index is -2.97. The van der Waals surface area contributed by atoms with Crippen LogP contribution in [0.15, 0.2) is 49.1 Å². The molecule has 14 heterocycles. The Morgan fingerprint density at radius 3 is 1.11 bits per heavy atom. The number of aromatic nitrogens is 8. The number of aliphatic hydroxyl groups is 4. The molecule has 33 nitrogen and oxygen atoms in total. The van der Waals surface area contributed by atoms with Gasteiger partial charge in [0, 0.05) is 140 Å². The Bertz CT molecular complexity index is 5980. The van der Waals surface area contributed by atoms with E-state index in [0.29, 0.717) is 79.5 Å². The maximum atomic E-state index is 14.1. The zero-order chi connectivity index (χ0) is 102. The molecule has 0 unspecified atom stereocenters. The Morgan fingerprint density at radius 1 is 0.469 bits per heavy atom. The summed E-state index contributed by atoms with van der Waals surface area (Å²) in [5, 5.41) is 65.7. The molecular formula is C104H140F2N20O13S4. The second kappa shape index (κ2) is 43.4. The van der Waals surface area contributed by atoms with Crippen molar-refractivity contribution in [3.63, 3.8) is 0 Å². The number of alkyl halides is 2. The van der Waals surface area contributed by atoms with E-state index in [2.05, 4.69) is 104 Å². The lowest BCUT2D eigenvalue weighted by Crippen LogP contribution is -2.42. The van der Waals surface area contributed by atoms with E-state index in [-0.39, 0.29) is 118 Å². The lowest BCUT2D eigenvalue weighted by molar-refractivity contribution is 0.0117. The van der Waals surface area contributed by atoms with Crippen LogP contribution in [0.25, 0.3) is 41.8 Å². The molecule has 772 valence electrons. The number of anilines is 4. The number of nitrogens with zero attached hydrogens (tertiary/aromatic N) is 12. The van der Waals surface area contributed by atoms with Gasteiger partial charge in [0.05, 0.1) is 68.2 Å². The summed E-state index contributed by atoms with van der Waals surface area (Å²) >= 11 is 4.63. The molecule has 2 bridgehead atoms. The number of carbonyl (C=O) groups is 8. The topological polar surface area (TPSA) is 439 Å². The quantitative estimate of drug-likeness (QED) is 0.0186. The Labute approximate surface area is 851 Å². The number of ether oxygens (including phenoxy) is 1. The van der Waals surface area contributed by atoms with Crippen molar-refractivity contribution in [1.29, 1.82) is 0 Å². The van der Waals surface area contributed by atoms with Crippen LogP contribution in [0.1, 0.15) is 321 Å². The molecule has 39 heteroatoms. The van der Waals surface area contributed by atoms with Gasteiger partial charge in [0.15, 0.2) is 20.0 Å². The van der Waals surface area contributed by atoms with Crippen molar-refractivity contribution in [2.24, 2.45) is 23.7 Å². The number of nitrogens with one attached hydrogen (secondary N) is 8. The number of aryl methyl sites for hydroxylation is 4. The van der Waals surface area contributed by atoms with Crippen molar-refractivity contribution in [2.45, 2.75) is 334 Å². The number of hydrogen-bond acceptors (Lipinski definition) is 29. The van der Waals surface area contributed by atoms with E-state index in [1.54, 1.807) is 67.1 Å². The third-order valence-electron chi connectivity index (χ3n) is 29.1. The summed E-state index contributed by atoms with van der Waals surface area (Å²) in [6.45, 7) is 30.9. The largest absolute Gasteiger partial charge is 0.389 e. The van der Waals surface area contributed by atoms with Crippen LogP contribution in [0.4, 0.5) is 32.1 Å². The normalized spacial score (nSPS) is 21.8. The third-order valence-corrected chi connectivity index (χ3v) is 33.4. The summed E-state index contributed by atoms with van der Waals surface area (Å²) in [6, 6.07) is 8.84. The molecule has 5 aliphatic carbocycles. The van der Waals surface area contributed by atoms with E-state index in [1.807, 2.05) is 80.6 Å². The zero-order valence-electron chi connectivity index (χ0n) is 84.9. The van der Waals surface area contributed by atoms with Gasteiger partial charge in [0.25, 0.3) is 53.2 Å². The number of likely N-dealkylation sites (tertiary alicyclic amines) is 3. The summed E-state index contributed by atoms with van der Waals surface area (Å²) in [6.07, 6.45) is 28.4. The first-order valence-electron chi connectivity index (χ1n) is 50.9. The van der Waals surface area contributed by atoms with Crippen LogP contribution in [0.2, 0.25) is 0 Å². The molecule has 11 aliphatic rings. The second-order valence-electron chi connectivity index (χ2n) is 43.7. The SMILES string of the molecule is CC[C@@H](C)Nc1cc(C)c(-c2sc(C(=O)N[C@H]3COC[C@@H]3O)nc2C(=O)N2CCC[C@@H]2C)cn1.Cc1cc(NC(C2CC2)C2CC2)ncc1-c1sc(C(=O)NCC(C)(C)O)nc1C(=O)N1C2CCC1CC2.Cc1cc(NC(C2CC2)C2CC2)ncc1-c1sc(C(=O)NCC(C)(C)O)nc1C(=O)N1CC(F)(F)C[C@@H]1C.Cc1cc(NC2(C)CCC2)ncc1-c1sc(C(=O)NCC(C)(C)O)nc1C(=O)N1CCC[C@@H]1C.